The normalized spacial score (nSPS) is 11.4. The molecule has 1 atom stereocenters. The zero-order valence-electron chi connectivity index (χ0n) is 16.2. The molecule has 3 N–H and O–H groups in total. The maximum Gasteiger partial charge on any atom is 0.251 e. The zero-order valence-corrected chi connectivity index (χ0v) is 17.0. The molecule has 0 aliphatic rings. The SMILES string of the molecule is CC(=O)Nc1cccc(NC(C(=O)Nc2ccc(C)c(Cl)c2)c2ccccc2)c1. The third-order valence-corrected chi connectivity index (χ3v) is 4.74. The van der Waals surface area contributed by atoms with Crippen LogP contribution in [0.3, 0.4) is 0 Å². The Balaban J connectivity index is 1.86. The van der Waals surface area contributed by atoms with Crippen molar-refractivity contribution in [2.45, 2.75) is 19.9 Å². The number of aryl methyl sites for hydroxylation is 1. The van der Waals surface area contributed by atoms with E-state index in [1.165, 1.54) is 6.92 Å². The van der Waals surface area contributed by atoms with Gasteiger partial charge in [-0.25, -0.2) is 0 Å². The molecule has 0 spiro atoms. The van der Waals surface area contributed by atoms with Gasteiger partial charge in [-0.2, -0.15) is 0 Å². The predicted octanol–water partition coefficient (Wildman–Crippen LogP) is 5.40. The van der Waals surface area contributed by atoms with Gasteiger partial charge in [0.15, 0.2) is 0 Å². The standard InChI is InChI=1S/C23H22ClN3O2/c1-15-11-12-20(14-21(15)24)27-23(29)22(17-7-4-3-5-8-17)26-19-10-6-9-18(13-19)25-16(2)28/h3-14,22,26H,1-2H3,(H,25,28)(H,27,29). The van der Waals surface area contributed by atoms with Gasteiger partial charge in [0.1, 0.15) is 6.04 Å². The number of anilines is 3. The number of rotatable bonds is 6. The number of nitrogens with one attached hydrogen (secondary N) is 3. The molecule has 1 unspecified atom stereocenters. The second-order valence-corrected chi connectivity index (χ2v) is 7.11. The van der Waals surface area contributed by atoms with Gasteiger partial charge in [-0.3, -0.25) is 9.59 Å². The summed E-state index contributed by atoms with van der Waals surface area (Å²) >= 11 is 6.18. The van der Waals surface area contributed by atoms with E-state index >= 15 is 0 Å². The molecular formula is C23H22ClN3O2. The van der Waals surface area contributed by atoms with Crippen LogP contribution in [0.4, 0.5) is 17.1 Å². The van der Waals surface area contributed by atoms with Gasteiger partial charge in [-0.15, -0.1) is 0 Å². The molecule has 0 radical (unpaired) electrons. The van der Waals surface area contributed by atoms with Gasteiger partial charge in [0.25, 0.3) is 5.91 Å². The van der Waals surface area contributed by atoms with Crippen molar-refractivity contribution in [2.24, 2.45) is 0 Å². The second-order valence-electron chi connectivity index (χ2n) is 6.70. The molecule has 3 aromatic rings. The monoisotopic (exact) mass is 407 g/mol. The molecule has 0 aromatic heterocycles. The Morgan fingerprint density at radius 3 is 2.21 bits per heavy atom. The number of amides is 2. The van der Waals surface area contributed by atoms with Crippen molar-refractivity contribution in [1.82, 2.24) is 0 Å². The molecule has 2 amide bonds. The van der Waals surface area contributed by atoms with Crippen LogP contribution in [-0.4, -0.2) is 11.8 Å². The van der Waals surface area contributed by atoms with E-state index in [4.69, 9.17) is 11.6 Å². The highest BCUT2D eigenvalue weighted by atomic mass is 35.5. The molecular weight excluding hydrogens is 386 g/mol. The van der Waals surface area contributed by atoms with E-state index in [0.29, 0.717) is 22.1 Å². The second kappa shape index (κ2) is 9.26. The van der Waals surface area contributed by atoms with E-state index in [-0.39, 0.29) is 11.8 Å². The zero-order chi connectivity index (χ0) is 20.8. The first-order valence-corrected chi connectivity index (χ1v) is 9.56. The highest BCUT2D eigenvalue weighted by Gasteiger charge is 2.21. The number of hydrogen-bond donors (Lipinski definition) is 3. The molecule has 29 heavy (non-hydrogen) atoms. The van der Waals surface area contributed by atoms with Crippen LogP contribution in [0, 0.1) is 6.92 Å². The van der Waals surface area contributed by atoms with Crippen LogP contribution in [0.1, 0.15) is 24.1 Å². The Hall–Kier alpha value is -3.31. The quantitative estimate of drug-likeness (QED) is 0.512. The first-order chi connectivity index (χ1) is 13.9. The average Bonchev–Trinajstić information content (AvgIpc) is 2.69. The summed E-state index contributed by atoms with van der Waals surface area (Å²) in [6.07, 6.45) is 0. The topological polar surface area (TPSA) is 70.2 Å². The molecule has 0 aliphatic heterocycles. The summed E-state index contributed by atoms with van der Waals surface area (Å²) < 4.78 is 0. The van der Waals surface area contributed by atoms with Crippen molar-refractivity contribution in [3.8, 4) is 0 Å². The molecule has 5 nitrogen and oxygen atoms in total. The summed E-state index contributed by atoms with van der Waals surface area (Å²) in [5, 5.41) is 9.52. The van der Waals surface area contributed by atoms with Crippen LogP contribution in [0.5, 0.6) is 0 Å². The Morgan fingerprint density at radius 1 is 0.828 bits per heavy atom. The fourth-order valence-electron chi connectivity index (χ4n) is 2.89. The van der Waals surface area contributed by atoms with Crippen molar-refractivity contribution in [3.05, 3.63) is 88.9 Å². The fourth-order valence-corrected chi connectivity index (χ4v) is 3.07. The molecule has 0 aliphatic carbocycles. The third-order valence-electron chi connectivity index (χ3n) is 4.33. The van der Waals surface area contributed by atoms with Crippen LogP contribution in [0.2, 0.25) is 5.02 Å². The Bertz CT molecular complexity index is 1020. The van der Waals surface area contributed by atoms with Gasteiger partial charge in [-0.1, -0.05) is 54.1 Å². The highest BCUT2D eigenvalue weighted by molar-refractivity contribution is 6.31. The average molecular weight is 408 g/mol. The molecule has 148 valence electrons. The van der Waals surface area contributed by atoms with Gasteiger partial charge in [0.05, 0.1) is 0 Å². The van der Waals surface area contributed by atoms with Crippen molar-refractivity contribution < 1.29 is 9.59 Å². The summed E-state index contributed by atoms with van der Waals surface area (Å²) in [7, 11) is 0. The van der Waals surface area contributed by atoms with E-state index in [0.717, 1.165) is 11.1 Å². The van der Waals surface area contributed by atoms with Crippen LogP contribution in [0.15, 0.2) is 72.8 Å². The number of hydrogen-bond acceptors (Lipinski definition) is 3. The maximum atomic E-state index is 13.1. The van der Waals surface area contributed by atoms with E-state index in [2.05, 4.69) is 16.0 Å². The minimum Gasteiger partial charge on any atom is -0.370 e. The third kappa shape index (κ3) is 5.59. The van der Waals surface area contributed by atoms with Crippen LogP contribution < -0.4 is 16.0 Å². The number of carbonyl (C=O) groups is 2. The summed E-state index contributed by atoms with van der Waals surface area (Å²) in [4.78, 5) is 24.4. The summed E-state index contributed by atoms with van der Waals surface area (Å²) in [5.74, 6) is -0.378. The van der Waals surface area contributed by atoms with Gasteiger partial charge < -0.3 is 16.0 Å². The Morgan fingerprint density at radius 2 is 1.52 bits per heavy atom. The van der Waals surface area contributed by atoms with Crippen LogP contribution >= 0.6 is 11.6 Å². The predicted molar refractivity (Wildman–Crippen MR) is 118 cm³/mol. The largest absolute Gasteiger partial charge is 0.370 e. The first kappa shape index (κ1) is 20.4. The summed E-state index contributed by atoms with van der Waals surface area (Å²) in [6.45, 7) is 3.36. The van der Waals surface area contributed by atoms with Gasteiger partial charge in [0, 0.05) is 29.0 Å². The Labute approximate surface area is 175 Å². The lowest BCUT2D eigenvalue weighted by atomic mass is 10.1. The molecule has 3 aromatic carbocycles. The minimum atomic E-state index is -0.635. The lowest BCUT2D eigenvalue weighted by Gasteiger charge is -2.21. The summed E-state index contributed by atoms with van der Waals surface area (Å²) in [6, 6.07) is 21.4. The van der Waals surface area contributed by atoms with Crippen molar-refractivity contribution >= 4 is 40.5 Å². The van der Waals surface area contributed by atoms with Crippen molar-refractivity contribution in [2.75, 3.05) is 16.0 Å². The molecule has 0 saturated heterocycles. The lowest BCUT2D eigenvalue weighted by Crippen LogP contribution is -2.27. The molecule has 3 rings (SSSR count). The molecule has 0 fully saturated rings. The van der Waals surface area contributed by atoms with E-state index < -0.39 is 6.04 Å². The van der Waals surface area contributed by atoms with E-state index in [9.17, 15) is 9.59 Å². The van der Waals surface area contributed by atoms with E-state index in [1.807, 2.05) is 61.5 Å². The van der Waals surface area contributed by atoms with Crippen LogP contribution in [0.25, 0.3) is 0 Å². The maximum absolute atomic E-state index is 13.1. The number of benzene rings is 3. The Kier molecular flexibility index (Phi) is 6.52. The van der Waals surface area contributed by atoms with Crippen molar-refractivity contribution in [3.63, 3.8) is 0 Å². The smallest absolute Gasteiger partial charge is 0.251 e. The number of carbonyl (C=O) groups excluding carboxylic acids is 2. The van der Waals surface area contributed by atoms with Crippen LogP contribution in [-0.2, 0) is 9.59 Å². The fraction of sp³-hybridized carbons (Fsp3) is 0.130. The first-order valence-electron chi connectivity index (χ1n) is 9.18. The molecule has 6 heteroatoms. The van der Waals surface area contributed by atoms with E-state index in [1.54, 1.807) is 18.2 Å². The summed E-state index contributed by atoms with van der Waals surface area (Å²) in [5.41, 5.74) is 3.74. The number of halogens is 1. The lowest BCUT2D eigenvalue weighted by molar-refractivity contribution is -0.117. The molecule has 0 bridgehead atoms. The van der Waals surface area contributed by atoms with Crippen molar-refractivity contribution in [1.29, 1.82) is 0 Å². The van der Waals surface area contributed by atoms with Gasteiger partial charge >= 0.3 is 0 Å². The minimum absolute atomic E-state index is 0.157. The molecule has 0 heterocycles. The van der Waals surface area contributed by atoms with Gasteiger partial charge in [0.2, 0.25) is 5.91 Å². The highest BCUT2D eigenvalue weighted by Crippen LogP contribution is 2.25. The molecule has 0 saturated carbocycles. The van der Waals surface area contributed by atoms with Gasteiger partial charge in [-0.05, 0) is 48.4 Å².